The van der Waals surface area contributed by atoms with Crippen LogP contribution in [-0.4, -0.2) is 52.3 Å². The number of rotatable bonds is 10. The van der Waals surface area contributed by atoms with E-state index in [9.17, 15) is 19.2 Å². The topological polar surface area (TPSA) is 105 Å². The zero-order valence-electron chi connectivity index (χ0n) is 35.4. The van der Waals surface area contributed by atoms with Crippen LogP contribution in [0.5, 0.6) is 0 Å². The normalized spacial score (nSPS) is 11.1. The molecule has 8 aliphatic carbocycles. The van der Waals surface area contributed by atoms with Gasteiger partial charge in [0.25, 0.3) is 0 Å². The van der Waals surface area contributed by atoms with Gasteiger partial charge in [-0.25, -0.2) is 19.2 Å². The van der Waals surface area contributed by atoms with Gasteiger partial charge in [-0.05, 0) is 48.5 Å². The molecule has 9 rings (SSSR count). The summed E-state index contributed by atoms with van der Waals surface area (Å²) in [6, 6.07) is 53.8. The van der Waals surface area contributed by atoms with E-state index in [1.54, 1.807) is 0 Å². The van der Waals surface area contributed by atoms with Crippen LogP contribution in [0.2, 0.25) is 0 Å². The van der Waals surface area contributed by atoms with Crippen LogP contribution in [0.1, 0.15) is 74.8 Å². The van der Waals surface area contributed by atoms with Gasteiger partial charge < -0.3 is 18.9 Å². The van der Waals surface area contributed by atoms with Crippen molar-refractivity contribution in [2.24, 2.45) is 0 Å². The van der Waals surface area contributed by atoms with Crippen LogP contribution in [-0.2, 0) is 18.9 Å². The molecule has 8 nitrogen and oxygen atoms in total. The highest BCUT2D eigenvalue weighted by Crippen LogP contribution is 2.49. The first-order valence-corrected chi connectivity index (χ1v) is 20.5. The van der Waals surface area contributed by atoms with Crippen molar-refractivity contribution in [3.8, 4) is 44.5 Å². The average molecular weight is 841 g/mol. The maximum absolute atomic E-state index is 13.4. The smallest absolute Gasteiger partial charge is 0.344 e. The first-order chi connectivity index (χ1) is 31.3. The summed E-state index contributed by atoms with van der Waals surface area (Å²) < 4.78 is 21.2. The van der Waals surface area contributed by atoms with Crippen LogP contribution < -0.4 is 0 Å². The van der Waals surface area contributed by atoms with Crippen LogP contribution in [0.3, 0.4) is 0 Å². The van der Waals surface area contributed by atoms with Crippen molar-refractivity contribution in [1.82, 2.24) is 0 Å². The standard InChI is InChI=1S/C56H40O8/c1-61-53(57)47-29-43(35-17-9-5-13-21-39(35)47)51(44-30-48(54(58)62-2)40-22-14-6-10-18-36(40)44)33-25-27-34(28-26-33)52(45-31-49(55(59)63-3)41-23-15-7-11-19-37(41)45)46-32-50(56(60)64-4)42-24-16-8-12-20-38(42)46/h5-32H,1-4H3/q+2. The van der Waals surface area contributed by atoms with Gasteiger partial charge in [0.15, 0.2) is 0 Å². The SMILES string of the molecule is COC(=O)c1cc([C+](c2ccc([C+](c3cc(C(=O)OC)c4cccccc3-4)c3cc(C(=O)OC)c4cccccc3-4)cc2)c2cc(C(=O)OC)c3cccccc2-3)c2cccccc1-2. The molecule has 0 fully saturated rings. The molecule has 0 N–H and O–H groups in total. The summed E-state index contributed by atoms with van der Waals surface area (Å²) in [5, 5.41) is 0. The molecular formula is C56H40O8+2. The van der Waals surface area contributed by atoms with Crippen molar-refractivity contribution < 1.29 is 38.1 Å². The van der Waals surface area contributed by atoms with Crippen LogP contribution in [0.4, 0.5) is 0 Å². The number of methoxy groups -OCH3 is 4. The minimum absolute atomic E-state index is 0.401. The van der Waals surface area contributed by atoms with Gasteiger partial charge in [0.2, 0.25) is 0 Å². The first-order valence-electron chi connectivity index (χ1n) is 20.5. The summed E-state index contributed by atoms with van der Waals surface area (Å²) in [4.78, 5) is 53.6. The molecule has 8 heteroatoms. The van der Waals surface area contributed by atoms with E-state index in [1.807, 2.05) is 170 Å². The van der Waals surface area contributed by atoms with Gasteiger partial charge in [-0.1, -0.05) is 72.8 Å². The van der Waals surface area contributed by atoms with E-state index < -0.39 is 23.9 Å². The first kappa shape index (κ1) is 41.0. The van der Waals surface area contributed by atoms with E-state index in [0.29, 0.717) is 44.5 Å². The molecule has 64 heavy (non-hydrogen) atoms. The van der Waals surface area contributed by atoms with E-state index in [2.05, 4.69) is 0 Å². The molecule has 0 atom stereocenters. The Balaban J connectivity index is 1.31. The molecule has 1 aromatic carbocycles. The van der Waals surface area contributed by atoms with Gasteiger partial charge in [0, 0.05) is 93.0 Å². The Labute approximate surface area is 371 Å². The van der Waals surface area contributed by atoms with Crippen LogP contribution in [0.15, 0.2) is 170 Å². The lowest BCUT2D eigenvalue weighted by molar-refractivity contribution is 0.0593. The average Bonchev–Trinajstić information content (AvgIpc) is 3.76. The number of hydrogen-bond donors (Lipinski definition) is 0. The van der Waals surface area contributed by atoms with Crippen molar-refractivity contribution >= 4 is 23.9 Å². The molecule has 0 heterocycles. The molecule has 0 bridgehead atoms. The molecule has 0 aliphatic heterocycles. The minimum atomic E-state index is -0.478. The summed E-state index contributed by atoms with van der Waals surface area (Å²) in [6.07, 6.45) is 0. The van der Waals surface area contributed by atoms with Crippen LogP contribution in [0, 0.1) is 11.8 Å². The number of hydrogen-bond acceptors (Lipinski definition) is 8. The lowest BCUT2D eigenvalue weighted by Crippen LogP contribution is -2.08. The second-order valence-corrected chi connectivity index (χ2v) is 15.1. The third-order valence-corrected chi connectivity index (χ3v) is 11.8. The van der Waals surface area contributed by atoms with Gasteiger partial charge in [-0.2, -0.15) is 0 Å². The molecule has 0 radical (unpaired) electrons. The Morgan fingerprint density at radius 1 is 0.297 bits per heavy atom. The molecule has 310 valence electrons. The lowest BCUT2D eigenvalue weighted by atomic mass is 9.80. The van der Waals surface area contributed by atoms with Crippen LogP contribution in [0.25, 0.3) is 44.5 Å². The zero-order valence-corrected chi connectivity index (χ0v) is 35.4. The van der Waals surface area contributed by atoms with Gasteiger partial charge in [0.05, 0.1) is 95.9 Å². The van der Waals surface area contributed by atoms with E-state index in [-0.39, 0.29) is 0 Å². The predicted octanol–water partition coefficient (Wildman–Crippen LogP) is 11.3. The molecule has 0 saturated heterocycles. The van der Waals surface area contributed by atoms with Crippen molar-refractivity contribution in [3.05, 3.63) is 237 Å². The maximum Gasteiger partial charge on any atom is 0.344 e. The van der Waals surface area contributed by atoms with Crippen molar-refractivity contribution in [1.29, 1.82) is 0 Å². The van der Waals surface area contributed by atoms with Crippen molar-refractivity contribution in [2.75, 3.05) is 28.4 Å². The van der Waals surface area contributed by atoms with Gasteiger partial charge >= 0.3 is 23.9 Å². The summed E-state index contributed by atoms with van der Waals surface area (Å²) in [5.41, 5.74) is 12.3. The second-order valence-electron chi connectivity index (χ2n) is 15.1. The summed E-state index contributed by atoms with van der Waals surface area (Å²) in [5.74, 6) is -0.378. The van der Waals surface area contributed by atoms with E-state index in [0.717, 1.165) is 67.5 Å². The Bertz CT molecular complexity index is 2700. The number of carbonyl (C=O) groups is 4. The summed E-state index contributed by atoms with van der Waals surface area (Å²) in [6.45, 7) is 0. The van der Waals surface area contributed by atoms with E-state index in [4.69, 9.17) is 18.9 Å². The van der Waals surface area contributed by atoms with Crippen molar-refractivity contribution in [2.45, 2.75) is 0 Å². The number of carbonyl (C=O) groups excluding carboxylic acids is 4. The number of ether oxygens (including phenoxy) is 4. The Hall–Kier alpha value is -8.36. The van der Waals surface area contributed by atoms with Gasteiger partial charge in [-0.15, -0.1) is 0 Å². The largest absolute Gasteiger partial charge is 0.465 e. The zero-order chi connectivity index (χ0) is 44.5. The molecule has 0 spiro atoms. The Morgan fingerprint density at radius 3 is 0.703 bits per heavy atom. The Kier molecular flexibility index (Phi) is 11.0. The predicted molar refractivity (Wildman–Crippen MR) is 245 cm³/mol. The molecular weight excluding hydrogens is 801 g/mol. The highest BCUT2D eigenvalue weighted by Gasteiger charge is 2.40. The fourth-order valence-electron chi connectivity index (χ4n) is 8.93. The third-order valence-electron chi connectivity index (χ3n) is 11.8. The molecule has 1 aromatic rings. The molecule has 0 saturated carbocycles. The fourth-order valence-corrected chi connectivity index (χ4v) is 8.93. The van der Waals surface area contributed by atoms with Gasteiger partial charge in [-0.3, -0.25) is 0 Å². The molecule has 0 amide bonds. The number of esters is 4. The van der Waals surface area contributed by atoms with E-state index in [1.165, 1.54) is 28.4 Å². The quantitative estimate of drug-likeness (QED) is 0.0761. The monoisotopic (exact) mass is 840 g/mol. The highest BCUT2D eigenvalue weighted by molar-refractivity contribution is 6.05. The summed E-state index contributed by atoms with van der Waals surface area (Å²) >= 11 is 0. The Morgan fingerprint density at radius 2 is 0.500 bits per heavy atom. The summed E-state index contributed by atoms with van der Waals surface area (Å²) in [7, 11) is 5.46. The molecule has 0 aromatic heterocycles. The van der Waals surface area contributed by atoms with Gasteiger partial charge in [0.1, 0.15) is 0 Å². The fraction of sp³-hybridized carbons (Fsp3) is 0.0714. The molecule has 0 unspecified atom stereocenters. The highest BCUT2D eigenvalue weighted by atomic mass is 16.5. The molecule has 8 aliphatic rings. The second kappa shape index (κ2) is 17.2. The third kappa shape index (κ3) is 7.01. The number of benzene rings is 1. The number of fused-ring (bicyclic) bond motifs is 4. The maximum atomic E-state index is 13.4. The van der Waals surface area contributed by atoms with Crippen molar-refractivity contribution in [3.63, 3.8) is 0 Å². The van der Waals surface area contributed by atoms with Crippen LogP contribution >= 0.6 is 0 Å². The lowest BCUT2D eigenvalue weighted by Gasteiger charge is -2.16. The van der Waals surface area contributed by atoms with E-state index >= 15 is 0 Å². The minimum Gasteiger partial charge on any atom is -0.465 e.